The van der Waals surface area contributed by atoms with Crippen LogP contribution < -0.4 is 4.90 Å². The van der Waals surface area contributed by atoms with Crippen molar-refractivity contribution in [2.24, 2.45) is 0 Å². The minimum atomic E-state index is -4.31. The molecule has 0 saturated carbocycles. The van der Waals surface area contributed by atoms with Crippen LogP contribution in [0.1, 0.15) is 25.0 Å². The SMILES string of the molecule is [C-]#[N+]/C(C#N)=C(/C(C#N)=C/C=C/C=C1/N(C)c2ccc3cc(S(=O)(=O)O)ccc3c2C1(C)C)c1ccccc1. The lowest BCUT2D eigenvalue weighted by atomic mass is 9.81. The molecule has 0 bridgehead atoms. The van der Waals surface area contributed by atoms with Crippen molar-refractivity contribution in [3.63, 3.8) is 0 Å². The van der Waals surface area contributed by atoms with Gasteiger partial charge in [0.05, 0.1) is 29.2 Å². The first-order valence-electron chi connectivity index (χ1n) is 11.9. The average Bonchev–Trinajstić information content (AvgIpc) is 3.12. The number of benzene rings is 3. The first kappa shape index (κ1) is 27.1. The Morgan fingerprint density at radius 1 is 1.05 bits per heavy atom. The normalized spacial score (nSPS) is 16.5. The lowest BCUT2D eigenvalue weighted by Gasteiger charge is -2.24. The average molecular weight is 533 g/mol. The molecule has 1 N–H and O–H groups in total. The van der Waals surface area contributed by atoms with Gasteiger partial charge < -0.3 is 4.90 Å². The highest BCUT2D eigenvalue weighted by Crippen LogP contribution is 2.50. The predicted octanol–water partition coefficient (Wildman–Crippen LogP) is 6.56. The molecule has 8 heteroatoms. The molecule has 0 amide bonds. The Hall–Kier alpha value is -4.94. The zero-order valence-electron chi connectivity index (χ0n) is 21.5. The summed E-state index contributed by atoms with van der Waals surface area (Å²) >= 11 is 0. The summed E-state index contributed by atoms with van der Waals surface area (Å²) in [5.41, 5.74) is 3.48. The molecule has 7 nitrogen and oxygen atoms in total. The van der Waals surface area contributed by atoms with Crippen LogP contribution in [-0.2, 0) is 15.5 Å². The van der Waals surface area contributed by atoms with Gasteiger partial charge in [0.25, 0.3) is 15.8 Å². The molecule has 0 saturated heterocycles. The summed E-state index contributed by atoms with van der Waals surface area (Å²) in [5.74, 6) is 0. The first-order chi connectivity index (χ1) is 18.5. The molecule has 3 aromatic rings. The third-order valence-electron chi connectivity index (χ3n) is 6.79. The third kappa shape index (κ3) is 4.98. The molecule has 0 radical (unpaired) electrons. The van der Waals surface area contributed by atoms with Crippen molar-refractivity contribution in [2.45, 2.75) is 24.2 Å². The maximum atomic E-state index is 11.6. The Balaban J connectivity index is 1.75. The second kappa shape index (κ2) is 10.4. The van der Waals surface area contributed by atoms with Crippen LogP contribution in [0, 0.1) is 29.2 Å². The molecule has 0 spiro atoms. The highest BCUT2D eigenvalue weighted by atomic mass is 32.2. The number of nitrogens with zero attached hydrogens (tertiary/aromatic N) is 4. The van der Waals surface area contributed by atoms with Gasteiger partial charge in [0.15, 0.2) is 0 Å². The van der Waals surface area contributed by atoms with Crippen LogP contribution >= 0.6 is 0 Å². The molecule has 4 rings (SSSR count). The van der Waals surface area contributed by atoms with Crippen LogP contribution in [0.3, 0.4) is 0 Å². The van der Waals surface area contributed by atoms with Gasteiger partial charge in [-0.2, -0.15) is 13.7 Å². The molecule has 0 fully saturated rings. The molecular weight excluding hydrogens is 508 g/mol. The second-order valence-corrected chi connectivity index (χ2v) is 10.9. The molecule has 192 valence electrons. The molecule has 0 atom stereocenters. The quantitative estimate of drug-likeness (QED) is 0.173. The number of rotatable bonds is 5. The van der Waals surface area contributed by atoms with Crippen molar-refractivity contribution in [1.29, 1.82) is 10.5 Å². The number of hydrogen-bond acceptors (Lipinski definition) is 5. The van der Waals surface area contributed by atoms with E-state index in [1.54, 1.807) is 42.5 Å². The van der Waals surface area contributed by atoms with E-state index in [9.17, 15) is 23.5 Å². The molecule has 0 unspecified atom stereocenters. The van der Waals surface area contributed by atoms with Crippen molar-refractivity contribution in [3.05, 3.63) is 124 Å². The first-order valence-corrected chi connectivity index (χ1v) is 13.3. The molecular formula is C31H24N4O3S. The van der Waals surface area contributed by atoms with E-state index in [1.165, 1.54) is 12.1 Å². The second-order valence-electron chi connectivity index (χ2n) is 9.44. The summed E-state index contributed by atoms with van der Waals surface area (Å²) in [5, 5.41) is 20.9. The van der Waals surface area contributed by atoms with Gasteiger partial charge in [-0.1, -0.05) is 68.5 Å². The van der Waals surface area contributed by atoms with E-state index in [2.05, 4.69) is 29.7 Å². The van der Waals surface area contributed by atoms with E-state index in [-0.39, 0.29) is 21.7 Å². The van der Waals surface area contributed by atoms with E-state index < -0.39 is 15.5 Å². The van der Waals surface area contributed by atoms with Crippen molar-refractivity contribution >= 4 is 32.2 Å². The van der Waals surface area contributed by atoms with Gasteiger partial charge in [-0.15, -0.1) is 0 Å². The highest BCUT2D eigenvalue weighted by Gasteiger charge is 2.39. The van der Waals surface area contributed by atoms with Crippen molar-refractivity contribution < 1.29 is 13.0 Å². The topological polar surface area (TPSA) is 110 Å². The van der Waals surface area contributed by atoms with Crippen molar-refractivity contribution in [2.75, 3.05) is 11.9 Å². The number of fused-ring (bicyclic) bond motifs is 3. The van der Waals surface area contributed by atoms with Gasteiger partial charge in [0.2, 0.25) is 0 Å². The summed E-state index contributed by atoms with van der Waals surface area (Å²) in [7, 11) is -2.36. The van der Waals surface area contributed by atoms with Gasteiger partial charge in [0.1, 0.15) is 0 Å². The van der Waals surface area contributed by atoms with Crippen LogP contribution in [0.5, 0.6) is 0 Å². The van der Waals surface area contributed by atoms with Gasteiger partial charge in [-0.3, -0.25) is 4.55 Å². The molecule has 39 heavy (non-hydrogen) atoms. The largest absolute Gasteiger partial charge is 0.347 e. The van der Waals surface area contributed by atoms with E-state index in [1.807, 2.05) is 43.5 Å². The van der Waals surface area contributed by atoms with Gasteiger partial charge in [-0.25, -0.2) is 10.1 Å². The highest BCUT2D eigenvalue weighted by molar-refractivity contribution is 7.85. The number of hydrogen-bond donors (Lipinski definition) is 1. The lowest BCUT2D eigenvalue weighted by Crippen LogP contribution is -2.22. The van der Waals surface area contributed by atoms with E-state index >= 15 is 0 Å². The Labute approximate surface area is 228 Å². The van der Waals surface area contributed by atoms with E-state index in [0.29, 0.717) is 10.9 Å². The summed E-state index contributed by atoms with van der Waals surface area (Å²) < 4.78 is 32.7. The number of anilines is 1. The molecule has 1 heterocycles. The zero-order valence-corrected chi connectivity index (χ0v) is 22.4. The third-order valence-corrected chi connectivity index (χ3v) is 7.64. The smallest absolute Gasteiger partial charge is 0.294 e. The minimum Gasteiger partial charge on any atom is -0.347 e. The summed E-state index contributed by atoms with van der Waals surface area (Å²) in [4.78, 5) is 5.23. The Morgan fingerprint density at radius 3 is 2.38 bits per heavy atom. The fourth-order valence-electron chi connectivity index (χ4n) is 5.03. The van der Waals surface area contributed by atoms with Crippen LogP contribution in [0.25, 0.3) is 21.2 Å². The van der Waals surface area contributed by atoms with Gasteiger partial charge in [0, 0.05) is 29.4 Å². The maximum absolute atomic E-state index is 11.6. The Kier molecular flexibility index (Phi) is 7.25. The van der Waals surface area contributed by atoms with Crippen molar-refractivity contribution in [3.8, 4) is 12.1 Å². The molecule has 1 aliphatic heterocycles. The summed E-state index contributed by atoms with van der Waals surface area (Å²) in [6.45, 7) is 11.5. The van der Waals surface area contributed by atoms with Gasteiger partial charge >= 0.3 is 0 Å². The van der Waals surface area contributed by atoms with E-state index in [0.717, 1.165) is 22.3 Å². The summed E-state index contributed by atoms with van der Waals surface area (Å²) in [6.07, 6.45) is 7.04. The standard InChI is InChI=1S/C31H24N4O3S/c1-31(2)28(35(4)27-17-14-22-18-24(39(36,37)38)15-16-25(22)30(27)31)13-9-8-12-23(19-32)29(26(20-33)34-3)21-10-6-5-7-11-21/h5-18H,1-2,4H3,(H,36,37,38)/b9-8+,23-12+,28-13+,29-26+. The maximum Gasteiger partial charge on any atom is 0.294 e. The molecule has 0 aromatic heterocycles. The minimum absolute atomic E-state index is 0.153. The van der Waals surface area contributed by atoms with Gasteiger partial charge in [-0.05, 0) is 52.3 Å². The molecule has 0 aliphatic carbocycles. The van der Waals surface area contributed by atoms with Crippen LogP contribution in [0.15, 0.2) is 107 Å². The number of allylic oxidation sites excluding steroid dienone is 8. The van der Waals surface area contributed by atoms with Crippen LogP contribution in [-0.4, -0.2) is 20.0 Å². The number of nitriles is 2. The predicted molar refractivity (Wildman–Crippen MR) is 152 cm³/mol. The Bertz CT molecular complexity index is 1830. The summed E-state index contributed by atoms with van der Waals surface area (Å²) in [6, 6.07) is 21.3. The van der Waals surface area contributed by atoms with E-state index in [4.69, 9.17) is 6.57 Å². The molecule has 1 aliphatic rings. The van der Waals surface area contributed by atoms with Crippen LogP contribution in [0.4, 0.5) is 5.69 Å². The Morgan fingerprint density at radius 2 is 1.77 bits per heavy atom. The van der Waals surface area contributed by atoms with Crippen molar-refractivity contribution in [1.82, 2.24) is 0 Å². The number of likely N-dealkylation sites (N-methyl/N-ethyl adjacent to an activating group) is 1. The monoisotopic (exact) mass is 532 g/mol. The fourth-order valence-corrected chi connectivity index (χ4v) is 5.54. The lowest BCUT2D eigenvalue weighted by molar-refractivity contribution is 0.483. The zero-order chi connectivity index (χ0) is 28.4. The molecule has 3 aromatic carbocycles. The van der Waals surface area contributed by atoms with Crippen LogP contribution in [0.2, 0.25) is 0 Å². The fraction of sp³-hybridized carbons (Fsp3) is 0.129.